The number of carbonyl (C=O) groups is 1. The summed E-state index contributed by atoms with van der Waals surface area (Å²) in [4.78, 5) is 12.9. The third kappa shape index (κ3) is 3.16. The van der Waals surface area contributed by atoms with Crippen molar-refractivity contribution in [2.75, 3.05) is 13.7 Å². The van der Waals surface area contributed by atoms with E-state index >= 15 is 0 Å². The Morgan fingerprint density at radius 2 is 1.59 bits per heavy atom. The summed E-state index contributed by atoms with van der Waals surface area (Å²) in [5.74, 6) is 0.244. The molecule has 0 aliphatic heterocycles. The van der Waals surface area contributed by atoms with Crippen molar-refractivity contribution in [3.63, 3.8) is 0 Å². The van der Waals surface area contributed by atoms with Gasteiger partial charge in [0.2, 0.25) is 0 Å². The van der Waals surface area contributed by atoms with Crippen LogP contribution in [-0.4, -0.2) is 58.4 Å². The minimum absolute atomic E-state index is 0.00654. The first-order chi connectivity index (χ1) is 17.1. The molecule has 0 spiro atoms. The summed E-state index contributed by atoms with van der Waals surface area (Å²) in [5.41, 5.74) is -0.781. The zero-order valence-corrected chi connectivity index (χ0v) is 24.0. The molecule has 4 fully saturated rings. The van der Waals surface area contributed by atoms with E-state index in [1.54, 1.807) is 6.92 Å². The van der Waals surface area contributed by atoms with Crippen LogP contribution in [0.2, 0.25) is 0 Å². The molecule has 0 heterocycles. The molecule has 12 atom stereocenters. The van der Waals surface area contributed by atoms with Gasteiger partial charge in [-0.25, -0.2) is 0 Å². The van der Waals surface area contributed by atoms with Crippen molar-refractivity contribution in [3.05, 3.63) is 11.6 Å². The zero-order valence-electron chi connectivity index (χ0n) is 24.0. The normalized spacial score (nSPS) is 57.2. The molecule has 5 rings (SSSR count). The smallest absolute Gasteiger partial charge is 0.314 e. The quantitative estimate of drug-likeness (QED) is 0.322. The fraction of sp³-hybridized carbons (Fsp3) is 0.903. The van der Waals surface area contributed by atoms with Gasteiger partial charge in [-0.15, -0.1) is 0 Å². The van der Waals surface area contributed by atoms with E-state index in [0.29, 0.717) is 12.3 Å². The number of esters is 1. The van der Waals surface area contributed by atoms with Gasteiger partial charge in [0, 0.05) is 10.8 Å². The molecule has 0 amide bonds. The molecule has 0 saturated heterocycles. The summed E-state index contributed by atoms with van der Waals surface area (Å²) >= 11 is 0. The van der Waals surface area contributed by atoms with Gasteiger partial charge in [-0.1, -0.05) is 46.3 Å². The molecule has 5 aliphatic carbocycles. The number of hydrogen-bond donors (Lipinski definition) is 4. The third-order valence-corrected chi connectivity index (χ3v) is 13.9. The Morgan fingerprint density at radius 1 is 0.919 bits per heavy atom. The number of aliphatic hydroxyl groups excluding tert-OH is 4. The second kappa shape index (κ2) is 8.28. The summed E-state index contributed by atoms with van der Waals surface area (Å²) in [7, 11) is 1.36. The van der Waals surface area contributed by atoms with Crippen molar-refractivity contribution in [2.24, 2.45) is 50.2 Å². The van der Waals surface area contributed by atoms with Crippen LogP contribution in [0.3, 0.4) is 0 Å². The first kappa shape index (κ1) is 27.6. The van der Waals surface area contributed by atoms with E-state index in [9.17, 15) is 25.2 Å². The summed E-state index contributed by atoms with van der Waals surface area (Å²) in [6, 6.07) is 0. The van der Waals surface area contributed by atoms with Crippen molar-refractivity contribution in [2.45, 2.75) is 111 Å². The average Bonchev–Trinajstić information content (AvgIpc) is 2.86. The van der Waals surface area contributed by atoms with Gasteiger partial charge in [0.1, 0.15) is 0 Å². The third-order valence-electron chi connectivity index (χ3n) is 13.9. The Morgan fingerprint density at radius 3 is 2.22 bits per heavy atom. The highest BCUT2D eigenvalue weighted by atomic mass is 16.5. The zero-order chi connectivity index (χ0) is 27.4. The van der Waals surface area contributed by atoms with E-state index in [4.69, 9.17) is 4.74 Å². The molecule has 210 valence electrons. The summed E-state index contributed by atoms with van der Waals surface area (Å²) in [6.07, 6.45) is 6.71. The highest BCUT2D eigenvalue weighted by Gasteiger charge is 2.70. The minimum Gasteiger partial charge on any atom is -0.469 e. The van der Waals surface area contributed by atoms with E-state index in [2.05, 4.69) is 40.7 Å². The van der Waals surface area contributed by atoms with Crippen LogP contribution in [0, 0.1) is 50.2 Å². The molecule has 37 heavy (non-hydrogen) atoms. The predicted molar refractivity (Wildman–Crippen MR) is 141 cm³/mol. The van der Waals surface area contributed by atoms with Crippen molar-refractivity contribution in [1.82, 2.24) is 0 Å². The summed E-state index contributed by atoms with van der Waals surface area (Å²) in [5, 5.41) is 44.0. The second-order valence-corrected chi connectivity index (χ2v) is 15.1. The molecule has 0 aromatic heterocycles. The van der Waals surface area contributed by atoms with E-state index in [-0.39, 0.29) is 34.7 Å². The lowest BCUT2D eigenvalue weighted by Crippen LogP contribution is -2.68. The topological polar surface area (TPSA) is 107 Å². The van der Waals surface area contributed by atoms with Crippen LogP contribution >= 0.6 is 0 Å². The fourth-order valence-corrected chi connectivity index (χ4v) is 11.0. The van der Waals surface area contributed by atoms with Crippen LogP contribution in [0.15, 0.2) is 11.6 Å². The maximum absolute atomic E-state index is 12.9. The van der Waals surface area contributed by atoms with Gasteiger partial charge in [-0.05, 0) is 92.3 Å². The number of aliphatic hydroxyl groups is 4. The van der Waals surface area contributed by atoms with Crippen LogP contribution in [0.5, 0.6) is 0 Å². The minimum atomic E-state index is -1.16. The first-order valence-corrected chi connectivity index (χ1v) is 14.5. The number of methoxy groups -OCH3 is 1. The molecule has 0 aromatic carbocycles. The summed E-state index contributed by atoms with van der Waals surface area (Å²) in [6.45, 7) is 13.3. The largest absolute Gasteiger partial charge is 0.469 e. The van der Waals surface area contributed by atoms with E-state index in [0.717, 1.165) is 44.9 Å². The average molecular weight is 519 g/mol. The van der Waals surface area contributed by atoms with Crippen LogP contribution in [-0.2, 0) is 9.53 Å². The molecular formula is C31H50O6. The number of carbonyl (C=O) groups excluding carboxylic acids is 1. The molecule has 0 aromatic rings. The molecule has 0 unspecified atom stereocenters. The lowest BCUT2D eigenvalue weighted by atomic mass is 9.33. The Labute approximate surface area is 222 Å². The number of fused-ring (bicyclic) bond motifs is 7. The lowest BCUT2D eigenvalue weighted by Gasteiger charge is -2.71. The maximum Gasteiger partial charge on any atom is 0.314 e. The van der Waals surface area contributed by atoms with Gasteiger partial charge in [0.15, 0.2) is 0 Å². The van der Waals surface area contributed by atoms with E-state index in [1.807, 2.05) is 0 Å². The number of allylic oxidation sites excluding steroid dienone is 2. The maximum atomic E-state index is 12.9. The molecular weight excluding hydrogens is 468 g/mol. The predicted octanol–water partition coefficient (Wildman–Crippen LogP) is 4.24. The van der Waals surface area contributed by atoms with Crippen LogP contribution in [0.4, 0.5) is 0 Å². The lowest BCUT2D eigenvalue weighted by molar-refractivity contribution is -0.229. The van der Waals surface area contributed by atoms with Crippen molar-refractivity contribution < 1.29 is 30.0 Å². The van der Waals surface area contributed by atoms with Gasteiger partial charge in [-0.2, -0.15) is 0 Å². The van der Waals surface area contributed by atoms with Crippen molar-refractivity contribution >= 4 is 5.97 Å². The number of rotatable bonds is 2. The molecule has 6 heteroatoms. The first-order valence-electron chi connectivity index (χ1n) is 14.5. The molecule has 5 aliphatic rings. The Bertz CT molecular complexity index is 994. The monoisotopic (exact) mass is 518 g/mol. The SMILES string of the molecule is COC(=O)[C@]1(C)C[C@H]2C3=CC[C@@H]4[C@@]5(C)CC[C@H](O)[C@](C)(CO)[C@@H]5CC[C@@]4(C)[C@]3(C)CC[C@@]2(C)[C@H](O)[C@@H]1O. The molecule has 6 nitrogen and oxygen atoms in total. The fourth-order valence-electron chi connectivity index (χ4n) is 11.0. The Kier molecular flexibility index (Phi) is 6.18. The molecule has 0 radical (unpaired) electrons. The van der Waals surface area contributed by atoms with E-state index in [1.165, 1.54) is 12.7 Å². The number of hydrogen-bond acceptors (Lipinski definition) is 6. The van der Waals surface area contributed by atoms with Crippen LogP contribution < -0.4 is 0 Å². The second-order valence-electron chi connectivity index (χ2n) is 15.1. The van der Waals surface area contributed by atoms with Gasteiger partial charge < -0.3 is 25.2 Å². The van der Waals surface area contributed by atoms with E-state index < -0.39 is 40.5 Å². The standard InChI is InChI=1S/C31H50O6/c1-26-14-15-30(5)18(19(26)16-28(3,25(36)37-7)24(35)23(26)34)8-9-21-27(2)12-11-22(33)29(4,17-32)20(27)10-13-31(21,30)6/h8,19-24,32-35H,9-17H2,1-7H3/t19-,20+,21+,22-,23+,24-,26+,27-,28+,29+,30+,31+/m0/s1. The van der Waals surface area contributed by atoms with Crippen molar-refractivity contribution in [1.29, 1.82) is 0 Å². The van der Waals surface area contributed by atoms with Gasteiger partial charge in [0.25, 0.3) is 0 Å². The highest BCUT2D eigenvalue weighted by molar-refractivity contribution is 5.77. The van der Waals surface area contributed by atoms with Crippen LogP contribution in [0.25, 0.3) is 0 Å². The molecule has 0 bridgehead atoms. The van der Waals surface area contributed by atoms with Crippen LogP contribution in [0.1, 0.15) is 92.9 Å². The van der Waals surface area contributed by atoms with Gasteiger partial charge in [0.05, 0.1) is 37.4 Å². The number of ether oxygens (including phenoxy) is 1. The molecule has 4 N–H and O–H groups in total. The molecule has 4 saturated carbocycles. The summed E-state index contributed by atoms with van der Waals surface area (Å²) < 4.78 is 5.13. The van der Waals surface area contributed by atoms with Crippen molar-refractivity contribution in [3.8, 4) is 0 Å². The van der Waals surface area contributed by atoms with Gasteiger partial charge >= 0.3 is 5.97 Å². The Balaban J connectivity index is 1.59. The Hall–Kier alpha value is -0.950. The highest BCUT2D eigenvalue weighted by Crippen LogP contribution is 2.75. The van der Waals surface area contributed by atoms with Gasteiger partial charge in [-0.3, -0.25) is 4.79 Å².